The molecule has 0 saturated carbocycles. The van der Waals surface area contributed by atoms with E-state index in [-0.39, 0.29) is 10.9 Å². The molecule has 5 aromatic rings. The van der Waals surface area contributed by atoms with Gasteiger partial charge in [-0.1, -0.05) is 0 Å². The maximum Gasteiger partial charge on any atom is 0.433 e. The summed E-state index contributed by atoms with van der Waals surface area (Å²) in [4.78, 5) is 13.2. The molecule has 0 aliphatic carbocycles. The van der Waals surface area contributed by atoms with Crippen molar-refractivity contribution in [1.29, 1.82) is 0 Å². The van der Waals surface area contributed by atoms with Gasteiger partial charge in [0.25, 0.3) is 0 Å². The lowest BCUT2D eigenvalue weighted by Crippen LogP contribution is -2.09. The van der Waals surface area contributed by atoms with Crippen molar-refractivity contribution in [2.75, 3.05) is 0 Å². The fourth-order valence-corrected chi connectivity index (χ4v) is 4.79. The van der Waals surface area contributed by atoms with E-state index in [0.29, 0.717) is 32.6 Å². The third kappa shape index (κ3) is 2.88. The summed E-state index contributed by atoms with van der Waals surface area (Å²) >= 11 is 4.58. The van der Waals surface area contributed by atoms with Crippen LogP contribution in [0.25, 0.3) is 26.1 Å². The maximum absolute atomic E-state index is 13.2. The quantitative estimate of drug-likeness (QED) is 0.341. The van der Waals surface area contributed by atoms with E-state index in [1.165, 1.54) is 10.8 Å². The molecule has 12 heteroatoms. The summed E-state index contributed by atoms with van der Waals surface area (Å²) in [6, 6.07) is 0.811. The Morgan fingerprint density at radius 1 is 1.17 bits per heavy atom. The Hall–Kier alpha value is -2.60. The second-order valence-corrected chi connectivity index (χ2v) is 8.84. The molecule has 7 nitrogen and oxygen atoms in total. The molecule has 0 radical (unpaired) electrons. The van der Waals surface area contributed by atoms with E-state index in [1.807, 2.05) is 20.0 Å². The van der Waals surface area contributed by atoms with E-state index in [9.17, 15) is 13.2 Å². The molecule has 5 rings (SSSR count). The van der Waals surface area contributed by atoms with Crippen LogP contribution in [0, 0.1) is 13.8 Å². The summed E-state index contributed by atoms with van der Waals surface area (Å²) in [5.74, 6) is 0.525. The van der Waals surface area contributed by atoms with Gasteiger partial charge < -0.3 is 0 Å². The van der Waals surface area contributed by atoms with Crippen LogP contribution in [0.2, 0.25) is 0 Å². The molecule has 0 fully saturated rings. The van der Waals surface area contributed by atoms with E-state index >= 15 is 0 Å². The summed E-state index contributed by atoms with van der Waals surface area (Å²) in [6.07, 6.45) is -1.13. The number of alkyl halides is 3. The highest BCUT2D eigenvalue weighted by atomic mass is 79.9. The molecule has 0 aliphatic rings. The van der Waals surface area contributed by atoms with E-state index < -0.39 is 11.9 Å². The van der Waals surface area contributed by atoms with Crippen molar-refractivity contribution in [3.63, 3.8) is 0 Å². The third-order valence-electron chi connectivity index (χ3n) is 4.90. The second-order valence-electron chi connectivity index (χ2n) is 6.98. The predicted octanol–water partition coefficient (Wildman–Crippen LogP) is 5.09. The van der Waals surface area contributed by atoms with Gasteiger partial charge in [-0.25, -0.2) is 19.5 Å². The Kier molecular flexibility index (Phi) is 4.16. The first kappa shape index (κ1) is 19.4. The highest BCUT2D eigenvalue weighted by Crippen LogP contribution is 2.38. The molecule has 154 valence electrons. The molecular formula is C18H13BrF3N7S. The van der Waals surface area contributed by atoms with Gasteiger partial charge >= 0.3 is 6.18 Å². The van der Waals surface area contributed by atoms with Gasteiger partial charge in [0.2, 0.25) is 0 Å². The first-order valence-corrected chi connectivity index (χ1v) is 10.5. The Morgan fingerprint density at radius 2 is 1.93 bits per heavy atom. The first-order chi connectivity index (χ1) is 14.1. The lowest BCUT2D eigenvalue weighted by Gasteiger charge is -2.06. The maximum atomic E-state index is 13.2. The van der Waals surface area contributed by atoms with Gasteiger partial charge in [-0.15, -0.1) is 16.4 Å². The summed E-state index contributed by atoms with van der Waals surface area (Å²) < 4.78 is 44.3. The zero-order valence-corrected chi connectivity index (χ0v) is 18.3. The van der Waals surface area contributed by atoms with Crippen LogP contribution in [0.3, 0.4) is 0 Å². The highest BCUT2D eigenvalue weighted by molar-refractivity contribution is 9.10. The summed E-state index contributed by atoms with van der Waals surface area (Å²) in [6.45, 7) is 5.44. The third-order valence-corrected chi connectivity index (χ3v) is 6.75. The number of nitrogens with zero attached hydrogens (tertiary/aromatic N) is 7. The van der Waals surface area contributed by atoms with E-state index in [0.717, 1.165) is 27.6 Å². The van der Waals surface area contributed by atoms with Crippen molar-refractivity contribution in [2.45, 2.75) is 33.0 Å². The normalized spacial score (nSPS) is 13.7. The molecule has 0 amide bonds. The summed E-state index contributed by atoms with van der Waals surface area (Å²) in [5, 5.41) is 9.56. The van der Waals surface area contributed by atoms with E-state index in [1.54, 1.807) is 11.6 Å². The smallest absolute Gasteiger partial charge is 0.261 e. The molecule has 30 heavy (non-hydrogen) atoms. The first-order valence-electron chi connectivity index (χ1n) is 8.87. The van der Waals surface area contributed by atoms with Gasteiger partial charge in [0.15, 0.2) is 11.5 Å². The second kappa shape index (κ2) is 6.45. The van der Waals surface area contributed by atoms with Gasteiger partial charge in [-0.2, -0.15) is 18.3 Å². The van der Waals surface area contributed by atoms with Crippen LogP contribution >= 0.6 is 27.3 Å². The average Bonchev–Trinajstić information content (AvgIpc) is 3.35. The summed E-state index contributed by atoms with van der Waals surface area (Å²) in [7, 11) is 0. The molecule has 0 N–H and O–H groups in total. The monoisotopic (exact) mass is 495 g/mol. The standard InChI is InChI=1S/C18H13BrF3N7S/c1-7-4-11(18(20,21)22)24-17-12(7)13-14(30-17)16-25-15(27-29(16)6-23-13)9(3)28-5-10(19)8(2)26-28/h4-6,9H,1-3H3. The molecule has 1 atom stereocenters. The van der Waals surface area contributed by atoms with Gasteiger partial charge in [0, 0.05) is 11.6 Å². The van der Waals surface area contributed by atoms with Crippen LogP contribution in [0.15, 0.2) is 23.1 Å². The molecule has 0 saturated heterocycles. The van der Waals surface area contributed by atoms with Crippen LogP contribution in [-0.2, 0) is 6.18 Å². The minimum atomic E-state index is -4.51. The Morgan fingerprint density at radius 3 is 2.60 bits per heavy atom. The van der Waals surface area contributed by atoms with Crippen LogP contribution in [-0.4, -0.2) is 34.3 Å². The van der Waals surface area contributed by atoms with Crippen molar-refractivity contribution in [2.24, 2.45) is 0 Å². The average molecular weight is 496 g/mol. The molecule has 5 heterocycles. The van der Waals surface area contributed by atoms with Crippen LogP contribution < -0.4 is 0 Å². The lowest BCUT2D eigenvalue weighted by atomic mass is 10.1. The number of rotatable bonds is 2. The Balaban J connectivity index is 1.71. The van der Waals surface area contributed by atoms with Crippen LogP contribution in [0.4, 0.5) is 13.2 Å². The van der Waals surface area contributed by atoms with Gasteiger partial charge in [0.1, 0.15) is 27.6 Å². The van der Waals surface area contributed by atoms with Crippen molar-refractivity contribution in [3.8, 4) is 0 Å². The van der Waals surface area contributed by atoms with Crippen LogP contribution in [0.5, 0.6) is 0 Å². The Bertz CT molecular complexity index is 1430. The molecule has 0 aliphatic heterocycles. The minimum absolute atomic E-state index is 0.240. The number of pyridine rings is 1. The Labute approximate surface area is 179 Å². The van der Waals surface area contributed by atoms with Crippen molar-refractivity contribution in [1.82, 2.24) is 34.3 Å². The number of aryl methyl sites for hydroxylation is 2. The largest absolute Gasteiger partial charge is 0.433 e. The molecular weight excluding hydrogens is 483 g/mol. The van der Waals surface area contributed by atoms with E-state index in [4.69, 9.17) is 0 Å². The minimum Gasteiger partial charge on any atom is -0.261 e. The predicted molar refractivity (Wildman–Crippen MR) is 110 cm³/mol. The topological polar surface area (TPSA) is 73.8 Å². The van der Waals surface area contributed by atoms with Crippen LogP contribution in [0.1, 0.15) is 35.7 Å². The van der Waals surface area contributed by atoms with Crippen molar-refractivity contribution < 1.29 is 13.2 Å². The molecule has 0 bridgehead atoms. The number of aromatic nitrogens is 7. The molecule has 5 aromatic heterocycles. The molecule has 0 aromatic carbocycles. The van der Waals surface area contributed by atoms with E-state index in [2.05, 4.69) is 41.1 Å². The number of thiophene rings is 1. The van der Waals surface area contributed by atoms with Gasteiger partial charge in [-0.3, -0.25) is 4.68 Å². The number of halogens is 4. The fourth-order valence-electron chi connectivity index (χ4n) is 3.32. The number of hydrogen-bond donors (Lipinski definition) is 0. The molecule has 0 spiro atoms. The van der Waals surface area contributed by atoms with Gasteiger partial charge in [0.05, 0.1) is 15.7 Å². The van der Waals surface area contributed by atoms with Crippen molar-refractivity contribution in [3.05, 3.63) is 45.8 Å². The summed E-state index contributed by atoms with van der Waals surface area (Å²) in [5.41, 5.74) is 1.51. The highest BCUT2D eigenvalue weighted by Gasteiger charge is 2.33. The lowest BCUT2D eigenvalue weighted by molar-refractivity contribution is -0.141. The fraction of sp³-hybridized carbons (Fsp3) is 0.278. The SMILES string of the molecule is Cc1nn(C(C)c2nc3c4sc5nc(C(F)(F)F)cc(C)c5c4ncn3n2)cc1Br. The van der Waals surface area contributed by atoms with Crippen molar-refractivity contribution >= 4 is 53.3 Å². The molecule has 1 unspecified atom stereocenters. The number of fused-ring (bicyclic) bond motifs is 5. The zero-order valence-electron chi connectivity index (χ0n) is 15.9. The number of hydrogen-bond acceptors (Lipinski definition) is 6. The zero-order chi connectivity index (χ0) is 21.4. The van der Waals surface area contributed by atoms with Gasteiger partial charge in [-0.05, 0) is 48.3 Å².